The van der Waals surface area contributed by atoms with E-state index in [1.54, 1.807) is 11.6 Å². The minimum Gasteiger partial charge on any atom is -0.326 e. The van der Waals surface area contributed by atoms with Crippen molar-refractivity contribution >= 4 is 33.0 Å². The second-order valence-corrected chi connectivity index (χ2v) is 6.42. The number of sulfonamides is 1. The predicted molar refractivity (Wildman–Crippen MR) is 68.2 cm³/mol. The second-order valence-electron chi connectivity index (χ2n) is 3.26. The zero-order chi connectivity index (χ0) is 13.2. The maximum absolute atomic E-state index is 11.9. The van der Waals surface area contributed by atoms with Crippen molar-refractivity contribution in [2.24, 2.45) is 0 Å². The zero-order valence-electron chi connectivity index (χ0n) is 8.88. The highest BCUT2D eigenvalue weighted by Crippen LogP contribution is 2.11. The van der Waals surface area contributed by atoms with Gasteiger partial charge < -0.3 is 4.98 Å². The molecule has 18 heavy (non-hydrogen) atoms. The van der Waals surface area contributed by atoms with Crippen LogP contribution in [0.5, 0.6) is 0 Å². The number of rotatable bonds is 4. The van der Waals surface area contributed by atoms with Crippen LogP contribution in [0.4, 0.5) is 0 Å². The highest BCUT2D eigenvalue weighted by atomic mass is 35.5. The van der Waals surface area contributed by atoms with Crippen molar-refractivity contribution in [1.29, 1.82) is 0 Å². The normalized spacial score (nSPS) is 11.6. The molecule has 9 heteroatoms. The molecule has 0 amide bonds. The monoisotopic (exact) mass is 305 g/mol. The van der Waals surface area contributed by atoms with Crippen molar-refractivity contribution in [3.8, 4) is 0 Å². The molecule has 0 fully saturated rings. The fourth-order valence-corrected chi connectivity index (χ4v) is 3.04. The first-order valence-corrected chi connectivity index (χ1v) is 7.49. The average Bonchev–Trinajstić information content (AvgIpc) is 2.83. The summed E-state index contributed by atoms with van der Waals surface area (Å²) in [4.78, 5) is 17.1. The Morgan fingerprint density at radius 2 is 2.28 bits per heavy atom. The van der Waals surface area contributed by atoms with Gasteiger partial charge in [-0.3, -0.25) is 4.79 Å². The lowest BCUT2D eigenvalue weighted by molar-refractivity contribution is 0.580. The van der Waals surface area contributed by atoms with E-state index in [1.165, 1.54) is 11.3 Å². The van der Waals surface area contributed by atoms with E-state index in [1.807, 2.05) is 0 Å². The fraction of sp³-hybridized carbons (Fsp3) is 0.111. The van der Waals surface area contributed by atoms with Crippen LogP contribution < -0.4 is 10.3 Å². The summed E-state index contributed by atoms with van der Waals surface area (Å²) >= 11 is 6.92. The lowest BCUT2D eigenvalue weighted by atomic mass is 10.5. The Morgan fingerprint density at radius 3 is 2.89 bits per heavy atom. The quantitative estimate of drug-likeness (QED) is 0.880. The second kappa shape index (κ2) is 5.19. The van der Waals surface area contributed by atoms with Gasteiger partial charge in [0.15, 0.2) is 0 Å². The van der Waals surface area contributed by atoms with Crippen LogP contribution in [0.2, 0.25) is 5.02 Å². The topological polar surface area (TPSA) is 91.9 Å². The standard InChI is InChI=1S/C9H8ClN3O3S2/c10-7-3-6(4-12-9(7)14)18(15,16)13-5-8-11-1-2-17-8/h1-4,13H,5H2,(H,12,14). The lowest BCUT2D eigenvalue weighted by Crippen LogP contribution is -2.24. The highest BCUT2D eigenvalue weighted by molar-refractivity contribution is 7.89. The number of halogens is 1. The van der Waals surface area contributed by atoms with E-state index in [0.29, 0.717) is 5.01 Å². The molecule has 2 N–H and O–H groups in total. The molecule has 96 valence electrons. The van der Waals surface area contributed by atoms with Crippen molar-refractivity contribution < 1.29 is 8.42 Å². The summed E-state index contributed by atoms with van der Waals surface area (Å²) in [6, 6.07) is 1.10. The molecule has 0 unspecified atom stereocenters. The van der Waals surface area contributed by atoms with E-state index < -0.39 is 15.6 Å². The van der Waals surface area contributed by atoms with Gasteiger partial charge in [0.25, 0.3) is 5.56 Å². The number of nitrogens with one attached hydrogen (secondary N) is 2. The Kier molecular flexibility index (Phi) is 3.81. The maximum atomic E-state index is 11.9. The van der Waals surface area contributed by atoms with E-state index in [4.69, 9.17) is 11.6 Å². The molecule has 0 atom stereocenters. The summed E-state index contributed by atoms with van der Waals surface area (Å²) in [5.74, 6) is 0. The summed E-state index contributed by atoms with van der Waals surface area (Å²) in [6.07, 6.45) is 2.68. The van der Waals surface area contributed by atoms with E-state index in [2.05, 4.69) is 14.7 Å². The van der Waals surface area contributed by atoms with Crippen LogP contribution in [0, 0.1) is 0 Å². The summed E-state index contributed by atoms with van der Waals surface area (Å²) in [5.41, 5.74) is -0.532. The summed E-state index contributed by atoms with van der Waals surface area (Å²) in [6.45, 7) is 0.0940. The van der Waals surface area contributed by atoms with Gasteiger partial charge in [-0.25, -0.2) is 18.1 Å². The molecule has 6 nitrogen and oxygen atoms in total. The summed E-state index contributed by atoms with van der Waals surface area (Å²) < 4.78 is 26.1. The predicted octanol–water partition coefficient (Wildman–Crippen LogP) is 0.963. The van der Waals surface area contributed by atoms with Gasteiger partial charge in [0.05, 0.1) is 11.4 Å². The number of hydrogen-bond acceptors (Lipinski definition) is 5. The molecule has 0 radical (unpaired) electrons. The minimum atomic E-state index is -3.71. The van der Waals surface area contributed by atoms with Gasteiger partial charge >= 0.3 is 0 Å². The molecule has 0 aliphatic carbocycles. The Bertz CT molecular complexity index is 694. The van der Waals surface area contributed by atoms with Gasteiger partial charge in [-0.05, 0) is 6.07 Å². The molecule has 2 aromatic rings. The van der Waals surface area contributed by atoms with Crippen LogP contribution in [0.3, 0.4) is 0 Å². The van der Waals surface area contributed by atoms with Gasteiger partial charge in [-0.1, -0.05) is 11.6 Å². The number of nitrogens with zero attached hydrogens (tertiary/aromatic N) is 1. The van der Waals surface area contributed by atoms with E-state index in [-0.39, 0.29) is 16.5 Å². The smallest absolute Gasteiger partial charge is 0.266 e. The number of thiazole rings is 1. The van der Waals surface area contributed by atoms with Crippen molar-refractivity contribution in [1.82, 2.24) is 14.7 Å². The average molecular weight is 306 g/mol. The first-order chi connectivity index (χ1) is 8.49. The Labute approximate surface area is 112 Å². The third-order valence-electron chi connectivity index (χ3n) is 2.04. The van der Waals surface area contributed by atoms with E-state index in [0.717, 1.165) is 12.3 Å². The van der Waals surface area contributed by atoms with Crippen molar-refractivity contribution in [2.75, 3.05) is 0 Å². The molecule has 2 aromatic heterocycles. The first-order valence-electron chi connectivity index (χ1n) is 4.75. The molecule has 2 heterocycles. The minimum absolute atomic E-state index is 0.0938. The van der Waals surface area contributed by atoms with E-state index in [9.17, 15) is 13.2 Å². The summed E-state index contributed by atoms with van der Waals surface area (Å²) in [5, 5.41) is 2.22. The van der Waals surface area contributed by atoms with Gasteiger partial charge in [-0.2, -0.15) is 0 Å². The van der Waals surface area contributed by atoms with Crippen molar-refractivity contribution in [3.63, 3.8) is 0 Å². The molecule has 0 aliphatic rings. The molecule has 0 spiro atoms. The zero-order valence-corrected chi connectivity index (χ0v) is 11.3. The number of H-pyrrole nitrogens is 1. The van der Waals surface area contributed by atoms with Crippen LogP contribution in [-0.4, -0.2) is 18.4 Å². The van der Waals surface area contributed by atoms with Crippen LogP contribution in [0.25, 0.3) is 0 Å². The van der Waals surface area contributed by atoms with Gasteiger partial charge in [-0.15, -0.1) is 11.3 Å². The molecule has 0 bridgehead atoms. The van der Waals surface area contributed by atoms with Crippen molar-refractivity contribution in [2.45, 2.75) is 11.4 Å². The van der Waals surface area contributed by atoms with Gasteiger partial charge in [0, 0.05) is 17.8 Å². The molecular weight excluding hydrogens is 298 g/mol. The SMILES string of the molecule is O=c1[nH]cc(S(=O)(=O)NCc2nccs2)cc1Cl. The Balaban J connectivity index is 2.20. The molecule has 0 saturated heterocycles. The van der Waals surface area contributed by atoms with Gasteiger partial charge in [0.1, 0.15) is 10.0 Å². The largest absolute Gasteiger partial charge is 0.326 e. The van der Waals surface area contributed by atoms with E-state index >= 15 is 0 Å². The van der Waals surface area contributed by atoms with Crippen molar-refractivity contribution in [3.05, 3.63) is 44.2 Å². The third-order valence-corrected chi connectivity index (χ3v) is 4.48. The lowest BCUT2D eigenvalue weighted by Gasteiger charge is -2.04. The first kappa shape index (κ1) is 13.2. The molecule has 0 aromatic carbocycles. The number of aromatic amines is 1. The number of pyridine rings is 1. The molecule has 0 aliphatic heterocycles. The highest BCUT2D eigenvalue weighted by Gasteiger charge is 2.15. The van der Waals surface area contributed by atoms with Crippen LogP contribution in [0.1, 0.15) is 5.01 Å². The molecular formula is C9H8ClN3O3S2. The fourth-order valence-electron chi connectivity index (χ4n) is 1.17. The molecule has 0 saturated carbocycles. The number of aromatic nitrogens is 2. The van der Waals surface area contributed by atoms with Crippen LogP contribution in [0.15, 0.2) is 33.5 Å². The maximum Gasteiger partial charge on any atom is 0.266 e. The van der Waals surface area contributed by atoms with Crippen LogP contribution >= 0.6 is 22.9 Å². The molecule has 2 rings (SSSR count). The van der Waals surface area contributed by atoms with Crippen LogP contribution in [-0.2, 0) is 16.6 Å². The Hall–Kier alpha value is -1.22. The number of hydrogen-bond donors (Lipinski definition) is 2. The third kappa shape index (κ3) is 2.96. The summed E-state index contributed by atoms with van der Waals surface area (Å²) in [7, 11) is -3.71. The Morgan fingerprint density at radius 1 is 1.50 bits per heavy atom. The van der Waals surface area contributed by atoms with Gasteiger partial charge in [0.2, 0.25) is 10.0 Å².